The molecule has 0 bridgehead atoms. The number of hydrogen-bond donors (Lipinski definition) is 1. The Labute approximate surface area is 157 Å². The summed E-state index contributed by atoms with van der Waals surface area (Å²) >= 11 is 0. The van der Waals surface area contributed by atoms with Gasteiger partial charge in [-0.1, -0.05) is 41.6 Å². The maximum absolute atomic E-state index is 12.2. The number of ether oxygens (including phenoxy) is 2. The number of carbonyl (C=O) groups is 1. The molecular formula is C20H22N4O3. The van der Waals surface area contributed by atoms with Gasteiger partial charge >= 0.3 is 0 Å². The fourth-order valence-corrected chi connectivity index (χ4v) is 2.62. The van der Waals surface area contributed by atoms with Crippen molar-refractivity contribution in [2.75, 3.05) is 13.7 Å². The summed E-state index contributed by atoms with van der Waals surface area (Å²) in [7, 11) is 1.60. The summed E-state index contributed by atoms with van der Waals surface area (Å²) in [6, 6.07) is 15.3. The van der Waals surface area contributed by atoms with E-state index < -0.39 is 0 Å². The van der Waals surface area contributed by atoms with Crippen LogP contribution in [0.15, 0.2) is 54.7 Å². The molecule has 0 saturated carbocycles. The summed E-state index contributed by atoms with van der Waals surface area (Å²) in [6.07, 6.45) is 1.76. The van der Waals surface area contributed by atoms with Crippen LogP contribution >= 0.6 is 0 Å². The Morgan fingerprint density at radius 1 is 1.15 bits per heavy atom. The summed E-state index contributed by atoms with van der Waals surface area (Å²) in [5, 5.41) is 11.0. The van der Waals surface area contributed by atoms with E-state index >= 15 is 0 Å². The Kier molecular flexibility index (Phi) is 6.04. The summed E-state index contributed by atoms with van der Waals surface area (Å²) in [6.45, 7) is 2.95. The van der Waals surface area contributed by atoms with Gasteiger partial charge in [-0.05, 0) is 24.6 Å². The van der Waals surface area contributed by atoms with Crippen molar-refractivity contribution in [3.63, 3.8) is 0 Å². The van der Waals surface area contributed by atoms with Crippen molar-refractivity contribution in [2.24, 2.45) is 0 Å². The summed E-state index contributed by atoms with van der Waals surface area (Å²) in [4.78, 5) is 12.2. The summed E-state index contributed by atoms with van der Waals surface area (Å²) in [5.41, 5.74) is 2.63. The molecule has 1 N–H and O–H groups in total. The molecule has 7 heteroatoms. The topological polar surface area (TPSA) is 78.3 Å². The van der Waals surface area contributed by atoms with Gasteiger partial charge in [-0.15, -0.1) is 5.10 Å². The van der Waals surface area contributed by atoms with Gasteiger partial charge in [0.25, 0.3) is 0 Å². The average Bonchev–Trinajstić information content (AvgIpc) is 3.16. The third kappa shape index (κ3) is 4.84. The minimum atomic E-state index is -0.145. The van der Waals surface area contributed by atoms with E-state index in [0.29, 0.717) is 24.7 Å². The lowest BCUT2D eigenvalue weighted by molar-refractivity contribution is -0.122. The van der Waals surface area contributed by atoms with Crippen LogP contribution in [0, 0.1) is 0 Å². The maximum Gasteiger partial charge on any atom is 0.242 e. The standard InChI is InChI=1S/C20H22N4O3/c1-3-27-19-11-15(9-10-18(19)26-2)12-21-20(25)14-24-13-17(22-23-24)16-7-5-4-6-8-16/h4-11,13H,3,12,14H2,1-2H3,(H,21,25). The zero-order valence-corrected chi connectivity index (χ0v) is 15.4. The van der Waals surface area contributed by atoms with E-state index in [0.717, 1.165) is 16.8 Å². The molecule has 7 nitrogen and oxygen atoms in total. The highest BCUT2D eigenvalue weighted by Crippen LogP contribution is 2.27. The second kappa shape index (κ2) is 8.84. The number of aromatic nitrogens is 3. The second-order valence-corrected chi connectivity index (χ2v) is 5.86. The Hall–Kier alpha value is -3.35. The molecule has 0 aliphatic heterocycles. The predicted molar refractivity (Wildman–Crippen MR) is 101 cm³/mol. The van der Waals surface area contributed by atoms with Crippen molar-refractivity contribution in [3.8, 4) is 22.8 Å². The molecule has 0 fully saturated rings. The van der Waals surface area contributed by atoms with E-state index in [1.807, 2.05) is 55.5 Å². The molecule has 0 saturated heterocycles. The van der Waals surface area contributed by atoms with Crippen LogP contribution < -0.4 is 14.8 Å². The fraction of sp³-hybridized carbons (Fsp3) is 0.250. The number of rotatable bonds is 8. The first-order chi connectivity index (χ1) is 13.2. The van der Waals surface area contributed by atoms with Crippen LogP contribution in [-0.4, -0.2) is 34.6 Å². The molecule has 1 aromatic heterocycles. The molecule has 0 radical (unpaired) electrons. The van der Waals surface area contributed by atoms with Crippen LogP contribution in [0.4, 0.5) is 0 Å². The number of nitrogens with one attached hydrogen (secondary N) is 1. The minimum Gasteiger partial charge on any atom is -0.493 e. The molecule has 2 aromatic carbocycles. The number of amides is 1. The van der Waals surface area contributed by atoms with Crippen molar-refractivity contribution in [2.45, 2.75) is 20.0 Å². The zero-order chi connectivity index (χ0) is 19.1. The zero-order valence-electron chi connectivity index (χ0n) is 15.4. The molecule has 0 spiro atoms. The third-order valence-electron chi connectivity index (χ3n) is 3.93. The van der Waals surface area contributed by atoms with Gasteiger partial charge in [-0.3, -0.25) is 4.79 Å². The first-order valence-electron chi connectivity index (χ1n) is 8.71. The Morgan fingerprint density at radius 3 is 2.70 bits per heavy atom. The quantitative estimate of drug-likeness (QED) is 0.663. The molecule has 0 aliphatic rings. The van der Waals surface area contributed by atoms with Crippen LogP contribution in [0.3, 0.4) is 0 Å². The SMILES string of the molecule is CCOc1cc(CNC(=O)Cn2cc(-c3ccccc3)nn2)ccc1OC. The highest BCUT2D eigenvalue weighted by Gasteiger charge is 2.09. The highest BCUT2D eigenvalue weighted by atomic mass is 16.5. The Balaban J connectivity index is 1.57. The van der Waals surface area contributed by atoms with Crippen molar-refractivity contribution in [3.05, 3.63) is 60.3 Å². The lowest BCUT2D eigenvalue weighted by atomic mass is 10.2. The molecular weight excluding hydrogens is 344 g/mol. The smallest absolute Gasteiger partial charge is 0.242 e. The third-order valence-corrected chi connectivity index (χ3v) is 3.93. The van der Waals surface area contributed by atoms with Crippen molar-refractivity contribution < 1.29 is 14.3 Å². The van der Waals surface area contributed by atoms with E-state index in [1.54, 1.807) is 13.3 Å². The molecule has 0 unspecified atom stereocenters. The predicted octanol–water partition coefficient (Wildman–Crippen LogP) is 2.67. The highest BCUT2D eigenvalue weighted by molar-refractivity contribution is 5.75. The van der Waals surface area contributed by atoms with Crippen LogP contribution in [0.1, 0.15) is 12.5 Å². The first kappa shape index (κ1) is 18.4. The molecule has 3 rings (SSSR count). The molecule has 27 heavy (non-hydrogen) atoms. The van der Waals surface area contributed by atoms with Gasteiger partial charge < -0.3 is 14.8 Å². The monoisotopic (exact) mass is 366 g/mol. The van der Waals surface area contributed by atoms with Gasteiger partial charge in [0, 0.05) is 12.1 Å². The largest absolute Gasteiger partial charge is 0.493 e. The fourth-order valence-electron chi connectivity index (χ4n) is 2.62. The Bertz CT molecular complexity index is 893. The first-order valence-corrected chi connectivity index (χ1v) is 8.71. The van der Waals surface area contributed by atoms with Gasteiger partial charge in [0.05, 0.1) is 19.9 Å². The van der Waals surface area contributed by atoms with Gasteiger partial charge in [0.1, 0.15) is 12.2 Å². The number of carbonyl (C=O) groups excluding carboxylic acids is 1. The minimum absolute atomic E-state index is 0.105. The molecule has 0 aliphatic carbocycles. The van der Waals surface area contributed by atoms with Gasteiger partial charge in [-0.25, -0.2) is 4.68 Å². The second-order valence-electron chi connectivity index (χ2n) is 5.86. The van der Waals surface area contributed by atoms with E-state index in [1.165, 1.54) is 4.68 Å². The normalized spacial score (nSPS) is 10.4. The van der Waals surface area contributed by atoms with Crippen molar-refractivity contribution >= 4 is 5.91 Å². The lowest BCUT2D eigenvalue weighted by Gasteiger charge is -2.11. The summed E-state index contributed by atoms with van der Waals surface area (Å²) < 4.78 is 12.3. The van der Waals surface area contributed by atoms with Crippen LogP contribution in [0.5, 0.6) is 11.5 Å². The molecule has 3 aromatic rings. The van der Waals surface area contributed by atoms with Gasteiger partial charge in [-0.2, -0.15) is 0 Å². The average molecular weight is 366 g/mol. The molecule has 1 amide bonds. The number of benzene rings is 2. The van der Waals surface area contributed by atoms with E-state index in [9.17, 15) is 4.79 Å². The lowest BCUT2D eigenvalue weighted by Crippen LogP contribution is -2.27. The van der Waals surface area contributed by atoms with Crippen LogP contribution in [0.2, 0.25) is 0 Å². The number of hydrogen-bond acceptors (Lipinski definition) is 5. The van der Waals surface area contributed by atoms with Crippen LogP contribution in [-0.2, 0) is 17.9 Å². The van der Waals surface area contributed by atoms with Gasteiger partial charge in [0.15, 0.2) is 11.5 Å². The van der Waals surface area contributed by atoms with Crippen molar-refractivity contribution in [1.29, 1.82) is 0 Å². The van der Waals surface area contributed by atoms with Crippen LogP contribution in [0.25, 0.3) is 11.3 Å². The van der Waals surface area contributed by atoms with E-state index in [4.69, 9.17) is 9.47 Å². The summed E-state index contributed by atoms with van der Waals surface area (Å²) in [5.74, 6) is 1.19. The molecule has 0 atom stereocenters. The van der Waals surface area contributed by atoms with E-state index in [2.05, 4.69) is 15.6 Å². The number of nitrogens with zero attached hydrogens (tertiary/aromatic N) is 3. The maximum atomic E-state index is 12.2. The Morgan fingerprint density at radius 2 is 1.96 bits per heavy atom. The van der Waals surface area contributed by atoms with Crippen molar-refractivity contribution in [1.82, 2.24) is 20.3 Å². The number of methoxy groups -OCH3 is 1. The molecule has 140 valence electrons. The van der Waals surface area contributed by atoms with Gasteiger partial charge in [0.2, 0.25) is 5.91 Å². The molecule has 1 heterocycles. The van der Waals surface area contributed by atoms with E-state index in [-0.39, 0.29) is 12.5 Å².